The minimum Gasteiger partial charge on any atom is -0.548 e. The number of aliphatic carboxylic acids is 1. The number of carboxylic acid groups (broad SMARTS) is 1. The van der Waals surface area contributed by atoms with Crippen molar-refractivity contribution in [1.29, 1.82) is 0 Å². The number of nitroso groups, excluding NO2 is 1. The van der Waals surface area contributed by atoms with E-state index in [1.54, 1.807) is 0 Å². The van der Waals surface area contributed by atoms with Gasteiger partial charge in [0.25, 0.3) is 0 Å². The zero-order valence-electron chi connectivity index (χ0n) is 5.77. The Labute approximate surface area is 79.7 Å². The van der Waals surface area contributed by atoms with Crippen molar-refractivity contribution in [3.05, 3.63) is 4.91 Å². The molecule has 5 nitrogen and oxygen atoms in total. The van der Waals surface area contributed by atoms with Gasteiger partial charge in [-0.3, -0.25) is 0 Å². The van der Waals surface area contributed by atoms with Crippen molar-refractivity contribution in [2.45, 2.75) is 19.1 Å². The molecule has 0 saturated carbocycles. The molecular weight excluding hydrogens is 149 g/mol. The molecule has 0 spiro atoms. The number of carbonyl (C=O) groups is 1. The summed E-state index contributed by atoms with van der Waals surface area (Å²) in [5, 5.41) is 20.4. The summed E-state index contributed by atoms with van der Waals surface area (Å²) < 4.78 is 0. The van der Waals surface area contributed by atoms with E-state index in [1.807, 2.05) is 0 Å². The van der Waals surface area contributed by atoms with Crippen molar-refractivity contribution in [1.82, 2.24) is 0 Å². The molecule has 6 heteroatoms. The Balaban J connectivity index is 0. The molecule has 10 heavy (non-hydrogen) atoms. The second-order valence-electron chi connectivity index (χ2n) is 1.61. The third kappa shape index (κ3) is 3.94. The van der Waals surface area contributed by atoms with Gasteiger partial charge >= 0.3 is 29.6 Å². The predicted octanol–water partition coefficient (Wildman–Crippen LogP) is -4.74. The van der Waals surface area contributed by atoms with Crippen LogP contribution in [0, 0.1) is 4.91 Å². The Morgan fingerprint density at radius 1 is 1.70 bits per heavy atom. The molecule has 0 saturated heterocycles. The molecule has 0 rings (SSSR count). The molecule has 0 aromatic carbocycles. The fourth-order valence-corrected chi connectivity index (χ4v) is 0.328. The van der Waals surface area contributed by atoms with Gasteiger partial charge in [-0.1, -0.05) is 5.18 Å². The van der Waals surface area contributed by atoms with E-state index in [2.05, 4.69) is 5.18 Å². The summed E-state index contributed by atoms with van der Waals surface area (Å²) >= 11 is 0. The van der Waals surface area contributed by atoms with Gasteiger partial charge in [-0.05, 0) is 6.92 Å². The second kappa shape index (κ2) is 5.79. The molecule has 0 aliphatic carbocycles. The first-order chi connectivity index (χ1) is 4.09. The van der Waals surface area contributed by atoms with Crippen molar-refractivity contribution in [3.8, 4) is 0 Å². The average Bonchev–Trinajstić information content (AvgIpc) is 1.64. The van der Waals surface area contributed by atoms with E-state index >= 15 is 0 Å². The summed E-state index contributed by atoms with van der Waals surface area (Å²) in [6.45, 7) is 1.15. The van der Waals surface area contributed by atoms with Crippen molar-refractivity contribution in [2.24, 2.45) is 5.18 Å². The summed E-state index contributed by atoms with van der Waals surface area (Å²) in [5.41, 5.74) is 0. The van der Waals surface area contributed by atoms with E-state index in [-0.39, 0.29) is 29.6 Å². The van der Waals surface area contributed by atoms with Crippen LogP contribution >= 0.6 is 0 Å². The molecule has 0 aromatic heterocycles. The first kappa shape index (κ1) is 12.7. The van der Waals surface area contributed by atoms with Crippen LogP contribution in [0.15, 0.2) is 5.18 Å². The fourth-order valence-electron chi connectivity index (χ4n) is 0.328. The summed E-state index contributed by atoms with van der Waals surface area (Å²) in [7, 11) is 0. The SMILES string of the molecule is C[C@@H](O)[C@H](N=O)C(=O)[O-].[Na+]. The number of hydrogen-bond acceptors (Lipinski definition) is 5. The number of carboxylic acids is 1. The molecular formula is C4H6NNaO4. The summed E-state index contributed by atoms with van der Waals surface area (Å²) in [4.78, 5) is 19.4. The smallest absolute Gasteiger partial charge is 0.548 e. The van der Waals surface area contributed by atoms with Gasteiger partial charge in [0.1, 0.15) is 0 Å². The van der Waals surface area contributed by atoms with Crippen LogP contribution in [-0.4, -0.2) is 23.2 Å². The first-order valence-corrected chi connectivity index (χ1v) is 2.31. The Bertz CT molecular complexity index is 126. The minimum atomic E-state index is -1.65. The predicted molar refractivity (Wildman–Crippen MR) is 26.3 cm³/mol. The van der Waals surface area contributed by atoms with Crippen LogP contribution in [-0.2, 0) is 4.79 Å². The maximum atomic E-state index is 9.81. The zero-order valence-corrected chi connectivity index (χ0v) is 7.77. The normalized spacial score (nSPS) is 14.6. The fraction of sp³-hybridized carbons (Fsp3) is 0.750. The average molecular weight is 155 g/mol. The van der Waals surface area contributed by atoms with Crippen LogP contribution in [0.1, 0.15) is 6.92 Å². The molecule has 0 unspecified atom stereocenters. The van der Waals surface area contributed by atoms with Crippen molar-refractivity contribution >= 4 is 5.97 Å². The van der Waals surface area contributed by atoms with Crippen LogP contribution in [0.3, 0.4) is 0 Å². The third-order valence-corrected chi connectivity index (χ3v) is 0.812. The Hall–Kier alpha value is 0.0300. The first-order valence-electron chi connectivity index (χ1n) is 2.31. The minimum absolute atomic E-state index is 0. The van der Waals surface area contributed by atoms with Crippen molar-refractivity contribution < 1.29 is 44.6 Å². The van der Waals surface area contributed by atoms with Crippen LogP contribution in [0.2, 0.25) is 0 Å². The summed E-state index contributed by atoms with van der Waals surface area (Å²) in [6.07, 6.45) is -1.28. The van der Waals surface area contributed by atoms with Gasteiger partial charge in [0.05, 0.1) is 12.1 Å². The number of carbonyl (C=O) groups excluding carboxylic acids is 1. The Morgan fingerprint density at radius 2 is 2.10 bits per heavy atom. The van der Waals surface area contributed by atoms with Crippen molar-refractivity contribution in [2.75, 3.05) is 0 Å². The van der Waals surface area contributed by atoms with Gasteiger partial charge < -0.3 is 15.0 Å². The van der Waals surface area contributed by atoms with Crippen LogP contribution < -0.4 is 34.7 Å². The van der Waals surface area contributed by atoms with E-state index in [0.717, 1.165) is 6.92 Å². The number of hydrogen-bond donors (Lipinski definition) is 1. The van der Waals surface area contributed by atoms with Crippen molar-refractivity contribution in [3.63, 3.8) is 0 Å². The Morgan fingerprint density at radius 3 is 2.10 bits per heavy atom. The molecule has 0 aromatic rings. The van der Waals surface area contributed by atoms with E-state index in [1.165, 1.54) is 0 Å². The largest absolute Gasteiger partial charge is 1.00 e. The Kier molecular flexibility index (Phi) is 7.34. The quantitative estimate of drug-likeness (QED) is 0.327. The van der Waals surface area contributed by atoms with E-state index < -0.39 is 18.1 Å². The summed E-state index contributed by atoms with van der Waals surface area (Å²) in [5.74, 6) is -1.65. The van der Waals surface area contributed by atoms with Gasteiger partial charge in [-0.2, -0.15) is 4.91 Å². The molecule has 0 bridgehead atoms. The van der Waals surface area contributed by atoms with Gasteiger partial charge in [-0.15, -0.1) is 0 Å². The van der Waals surface area contributed by atoms with Gasteiger partial charge in [-0.25, -0.2) is 0 Å². The van der Waals surface area contributed by atoms with Crippen LogP contribution in [0.25, 0.3) is 0 Å². The number of nitrogens with zero attached hydrogens (tertiary/aromatic N) is 1. The van der Waals surface area contributed by atoms with E-state index in [4.69, 9.17) is 5.11 Å². The van der Waals surface area contributed by atoms with E-state index in [9.17, 15) is 14.8 Å². The standard InChI is InChI=1S/C4H7NO4.Na/c1-2(6)3(5-9)4(7)8;/h2-3,6H,1H3,(H,7,8);/q;+1/p-1/t2-,3+;/m1./s1. The third-order valence-electron chi connectivity index (χ3n) is 0.812. The molecule has 0 amide bonds. The van der Waals surface area contributed by atoms with E-state index in [0.29, 0.717) is 0 Å². The second-order valence-corrected chi connectivity index (χ2v) is 1.61. The molecule has 1 N–H and O–H groups in total. The molecule has 0 fully saturated rings. The zero-order chi connectivity index (χ0) is 7.44. The number of rotatable bonds is 3. The van der Waals surface area contributed by atoms with Gasteiger partial charge in [0, 0.05) is 0 Å². The molecule has 0 radical (unpaired) electrons. The summed E-state index contributed by atoms with van der Waals surface area (Å²) in [6, 6.07) is -1.65. The number of aliphatic hydroxyl groups excluding tert-OH is 1. The molecule has 52 valence electrons. The van der Waals surface area contributed by atoms with Crippen LogP contribution in [0.4, 0.5) is 0 Å². The maximum absolute atomic E-state index is 9.81. The molecule has 2 atom stereocenters. The topological polar surface area (TPSA) is 89.8 Å². The molecule has 0 heterocycles. The van der Waals surface area contributed by atoms with Gasteiger partial charge in [0.15, 0.2) is 6.04 Å². The van der Waals surface area contributed by atoms with Crippen LogP contribution in [0.5, 0.6) is 0 Å². The molecule has 0 aliphatic heterocycles. The van der Waals surface area contributed by atoms with Gasteiger partial charge in [0.2, 0.25) is 0 Å². The number of aliphatic hydroxyl groups is 1. The molecule has 0 aliphatic rings. The monoisotopic (exact) mass is 155 g/mol. The maximum Gasteiger partial charge on any atom is 1.00 e.